The van der Waals surface area contributed by atoms with Crippen molar-refractivity contribution in [3.63, 3.8) is 0 Å². The summed E-state index contributed by atoms with van der Waals surface area (Å²) in [6.07, 6.45) is 3.09. The van der Waals surface area contributed by atoms with Gasteiger partial charge in [0, 0.05) is 23.1 Å². The van der Waals surface area contributed by atoms with Gasteiger partial charge in [0.1, 0.15) is 17.9 Å². The summed E-state index contributed by atoms with van der Waals surface area (Å²) in [6, 6.07) is 16.9. The number of hydrogen-bond acceptors (Lipinski definition) is 5. The highest BCUT2D eigenvalue weighted by Crippen LogP contribution is 2.24. The van der Waals surface area contributed by atoms with Crippen LogP contribution >= 0.6 is 0 Å². The molecule has 156 valence electrons. The van der Waals surface area contributed by atoms with Gasteiger partial charge in [0.2, 0.25) is 0 Å². The number of fused-ring (bicyclic) bond motifs is 2. The maximum Gasteiger partial charge on any atom is 0.336 e. The van der Waals surface area contributed by atoms with E-state index in [0.717, 1.165) is 38.6 Å². The first kappa shape index (κ1) is 20.4. The fraction of sp³-hybridized carbons (Fsp3) is 0.154. The Morgan fingerprint density at radius 2 is 1.77 bits per heavy atom. The molecule has 0 unspecified atom stereocenters. The van der Waals surface area contributed by atoms with Gasteiger partial charge in [-0.25, -0.2) is 9.59 Å². The van der Waals surface area contributed by atoms with Gasteiger partial charge >= 0.3 is 11.6 Å². The van der Waals surface area contributed by atoms with Gasteiger partial charge in [0.05, 0.1) is 7.11 Å². The van der Waals surface area contributed by atoms with E-state index in [-0.39, 0.29) is 6.61 Å². The van der Waals surface area contributed by atoms with Gasteiger partial charge in [-0.3, -0.25) is 0 Å². The molecular weight excluding hydrogens is 392 g/mol. The van der Waals surface area contributed by atoms with Crippen LogP contribution in [0.1, 0.15) is 22.3 Å². The van der Waals surface area contributed by atoms with Crippen LogP contribution < -0.4 is 10.4 Å². The molecule has 0 N–H and O–H groups in total. The Balaban J connectivity index is 1.49. The van der Waals surface area contributed by atoms with E-state index in [1.54, 1.807) is 13.2 Å². The van der Waals surface area contributed by atoms with E-state index in [9.17, 15) is 9.59 Å². The molecule has 4 rings (SSSR count). The molecule has 0 aliphatic heterocycles. The van der Waals surface area contributed by atoms with Gasteiger partial charge in [-0.2, -0.15) is 0 Å². The Labute approximate surface area is 179 Å². The number of benzene rings is 3. The third-order valence-corrected chi connectivity index (χ3v) is 5.37. The normalized spacial score (nSPS) is 11.3. The zero-order valence-electron chi connectivity index (χ0n) is 17.6. The van der Waals surface area contributed by atoms with Crippen molar-refractivity contribution in [1.29, 1.82) is 0 Å². The van der Waals surface area contributed by atoms with Crippen molar-refractivity contribution < 1.29 is 18.7 Å². The smallest absolute Gasteiger partial charge is 0.336 e. The molecule has 3 aromatic carbocycles. The van der Waals surface area contributed by atoms with Crippen molar-refractivity contribution in [1.82, 2.24) is 0 Å². The standard InChI is InChI=1S/C26H22O5/c1-16-4-10-23-21(14-25(28)31-26(23)17(16)2)15-30-24(27)11-6-18-5-7-20-13-22(29-3)9-8-19(20)12-18/h4-14H,15H2,1-3H3/b11-6+. The van der Waals surface area contributed by atoms with Gasteiger partial charge in [-0.05, 0) is 65.6 Å². The number of methoxy groups -OCH3 is 1. The maximum atomic E-state index is 12.3. The average molecular weight is 414 g/mol. The van der Waals surface area contributed by atoms with Gasteiger partial charge in [-0.1, -0.05) is 30.3 Å². The van der Waals surface area contributed by atoms with Crippen LogP contribution in [-0.2, 0) is 16.1 Å². The summed E-state index contributed by atoms with van der Waals surface area (Å²) in [6.45, 7) is 3.85. The van der Waals surface area contributed by atoms with E-state index in [0.29, 0.717) is 11.1 Å². The minimum Gasteiger partial charge on any atom is -0.497 e. The molecule has 0 spiro atoms. The first-order valence-corrected chi connectivity index (χ1v) is 9.90. The molecule has 0 fully saturated rings. The first-order valence-electron chi connectivity index (χ1n) is 9.90. The number of esters is 1. The maximum absolute atomic E-state index is 12.3. The molecule has 0 aliphatic rings. The van der Waals surface area contributed by atoms with Crippen LogP contribution in [-0.4, -0.2) is 13.1 Å². The lowest BCUT2D eigenvalue weighted by Crippen LogP contribution is -2.06. The molecule has 0 radical (unpaired) electrons. The molecule has 1 heterocycles. The lowest BCUT2D eigenvalue weighted by atomic mass is 10.0. The van der Waals surface area contributed by atoms with E-state index >= 15 is 0 Å². The summed E-state index contributed by atoms with van der Waals surface area (Å²) < 4.78 is 16.0. The summed E-state index contributed by atoms with van der Waals surface area (Å²) in [5.74, 6) is 0.312. The molecule has 4 aromatic rings. The number of carbonyl (C=O) groups excluding carboxylic acids is 1. The van der Waals surface area contributed by atoms with Crippen LogP contribution in [0.15, 0.2) is 69.9 Å². The summed E-state index contributed by atoms with van der Waals surface area (Å²) in [7, 11) is 1.64. The van der Waals surface area contributed by atoms with E-state index in [1.165, 1.54) is 12.1 Å². The van der Waals surface area contributed by atoms with Crippen molar-refractivity contribution in [2.45, 2.75) is 20.5 Å². The summed E-state index contributed by atoms with van der Waals surface area (Å²) in [5.41, 5.74) is 3.50. The van der Waals surface area contributed by atoms with Gasteiger partial charge < -0.3 is 13.9 Å². The van der Waals surface area contributed by atoms with E-state index in [2.05, 4.69) is 0 Å². The topological polar surface area (TPSA) is 65.7 Å². The Hall–Kier alpha value is -3.86. The predicted molar refractivity (Wildman–Crippen MR) is 121 cm³/mol. The first-order chi connectivity index (χ1) is 14.9. The molecule has 0 saturated carbocycles. The van der Waals surface area contributed by atoms with Crippen molar-refractivity contribution in [3.8, 4) is 5.75 Å². The molecule has 5 heteroatoms. The Morgan fingerprint density at radius 3 is 2.58 bits per heavy atom. The molecule has 5 nitrogen and oxygen atoms in total. The Kier molecular flexibility index (Phi) is 5.58. The third kappa shape index (κ3) is 4.36. The quantitative estimate of drug-likeness (QED) is 0.251. The molecule has 1 aromatic heterocycles. The molecule has 0 bridgehead atoms. The zero-order chi connectivity index (χ0) is 22.0. The van der Waals surface area contributed by atoms with E-state index in [1.807, 2.05) is 62.4 Å². The van der Waals surface area contributed by atoms with Gasteiger partial charge in [0.25, 0.3) is 0 Å². The molecule has 0 amide bonds. The van der Waals surface area contributed by atoms with Crippen LogP contribution in [0.5, 0.6) is 5.75 Å². The van der Waals surface area contributed by atoms with Gasteiger partial charge in [-0.15, -0.1) is 0 Å². The van der Waals surface area contributed by atoms with Gasteiger partial charge in [0.15, 0.2) is 0 Å². The zero-order valence-corrected chi connectivity index (χ0v) is 17.6. The highest BCUT2D eigenvalue weighted by atomic mass is 16.5. The Morgan fingerprint density at radius 1 is 1.00 bits per heavy atom. The molecule has 0 saturated heterocycles. The second kappa shape index (κ2) is 8.48. The highest BCUT2D eigenvalue weighted by molar-refractivity contribution is 5.90. The monoisotopic (exact) mass is 414 g/mol. The third-order valence-electron chi connectivity index (χ3n) is 5.37. The second-order valence-corrected chi connectivity index (χ2v) is 7.39. The fourth-order valence-electron chi connectivity index (χ4n) is 3.48. The number of carbonyl (C=O) groups is 1. The minimum atomic E-state index is -0.486. The molecule has 31 heavy (non-hydrogen) atoms. The average Bonchev–Trinajstić information content (AvgIpc) is 2.78. The summed E-state index contributed by atoms with van der Waals surface area (Å²) in [5, 5.41) is 2.87. The minimum absolute atomic E-state index is 0.00864. The SMILES string of the molecule is COc1ccc2cc(/C=C/C(=O)OCc3cc(=O)oc4c(C)c(C)ccc34)ccc2c1. The van der Waals surface area contributed by atoms with Crippen molar-refractivity contribution in [2.75, 3.05) is 7.11 Å². The lowest BCUT2D eigenvalue weighted by Gasteiger charge is -2.09. The Bertz CT molecular complexity index is 1380. The van der Waals surface area contributed by atoms with Crippen LogP contribution in [0.2, 0.25) is 0 Å². The number of ether oxygens (including phenoxy) is 2. The highest BCUT2D eigenvalue weighted by Gasteiger charge is 2.11. The van der Waals surface area contributed by atoms with Crippen LogP contribution in [0, 0.1) is 13.8 Å². The van der Waals surface area contributed by atoms with Crippen LogP contribution in [0.25, 0.3) is 27.8 Å². The van der Waals surface area contributed by atoms with Crippen molar-refractivity contribution >= 4 is 33.8 Å². The number of aryl methyl sites for hydroxylation is 2. The number of rotatable bonds is 5. The van der Waals surface area contributed by atoms with E-state index < -0.39 is 11.6 Å². The van der Waals surface area contributed by atoms with E-state index in [4.69, 9.17) is 13.9 Å². The number of hydrogen-bond donors (Lipinski definition) is 0. The fourth-order valence-corrected chi connectivity index (χ4v) is 3.48. The van der Waals surface area contributed by atoms with Crippen LogP contribution in [0.4, 0.5) is 0 Å². The molecule has 0 atom stereocenters. The largest absolute Gasteiger partial charge is 0.497 e. The summed E-state index contributed by atoms with van der Waals surface area (Å²) in [4.78, 5) is 24.2. The van der Waals surface area contributed by atoms with Crippen molar-refractivity contribution in [2.24, 2.45) is 0 Å². The second-order valence-electron chi connectivity index (χ2n) is 7.39. The molecular formula is C26H22O5. The predicted octanol–water partition coefficient (Wildman–Crippen LogP) is 5.33. The summed E-state index contributed by atoms with van der Waals surface area (Å²) >= 11 is 0. The van der Waals surface area contributed by atoms with Crippen molar-refractivity contribution in [3.05, 3.63) is 93.3 Å². The van der Waals surface area contributed by atoms with Crippen LogP contribution in [0.3, 0.4) is 0 Å². The lowest BCUT2D eigenvalue weighted by molar-refractivity contribution is -0.138. The molecule has 0 aliphatic carbocycles.